The first-order chi connectivity index (χ1) is 11.4. The topological polar surface area (TPSA) is 99.2 Å². The van der Waals surface area contributed by atoms with Crippen molar-refractivity contribution < 1.29 is 8.78 Å². The minimum absolute atomic E-state index is 0.136. The van der Waals surface area contributed by atoms with Crippen LogP contribution in [0.4, 0.5) is 14.5 Å². The molecule has 3 aromatic rings. The van der Waals surface area contributed by atoms with E-state index in [1.165, 1.54) is 27.9 Å². The van der Waals surface area contributed by atoms with E-state index >= 15 is 0 Å². The summed E-state index contributed by atoms with van der Waals surface area (Å²) in [6.45, 7) is -0.234. The van der Waals surface area contributed by atoms with Gasteiger partial charge in [0.15, 0.2) is 5.65 Å². The Hall–Kier alpha value is -3.04. The molecule has 0 amide bonds. The molecule has 8 nitrogen and oxygen atoms in total. The molecule has 0 radical (unpaired) electrons. The molecule has 0 unspecified atom stereocenters. The van der Waals surface area contributed by atoms with Gasteiger partial charge >= 0.3 is 5.69 Å². The van der Waals surface area contributed by atoms with Gasteiger partial charge in [0.2, 0.25) is 0 Å². The lowest BCUT2D eigenvalue weighted by Gasteiger charge is -2.19. The van der Waals surface area contributed by atoms with E-state index in [9.17, 15) is 18.4 Å². The van der Waals surface area contributed by atoms with Crippen LogP contribution < -0.4 is 16.1 Å². The summed E-state index contributed by atoms with van der Waals surface area (Å²) < 4.78 is 28.5. The van der Waals surface area contributed by atoms with Crippen molar-refractivity contribution in [3.63, 3.8) is 0 Å². The Morgan fingerprint density at radius 1 is 1.29 bits per heavy atom. The van der Waals surface area contributed by atoms with Crippen molar-refractivity contribution in [3.05, 3.63) is 45.5 Å². The largest absolute Gasteiger partial charge is 0.362 e. The van der Waals surface area contributed by atoms with Gasteiger partial charge in [0, 0.05) is 31.6 Å². The third-order valence-corrected chi connectivity index (χ3v) is 3.95. The number of hydrogen-bond acceptors (Lipinski definition) is 5. The third-order valence-electron chi connectivity index (χ3n) is 3.95. The number of halogens is 2. The number of aromatic amines is 2. The Labute approximate surface area is 132 Å². The first kappa shape index (κ1) is 14.5. The lowest BCUT2D eigenvalue weighted by molar-refractivity contribution is 0.0257. The van der Waals surface area contributed by atoms with Crippen LogP contribution in [0.3, 0.4) is 0 Å². The summed E-state index contributed by atoms with van der Waals surface area (Å²) in [5.74, 6) is -2.76. The van der Waals surface area contributed by atoms with Crippen LogP contribution in [0.15, 0.2) is 34.2 Å². The van der Waals surface area contributed by atoms with Crippen LogP contribution >= 0.6 is 0 Å². The molecule has 3 aromatic heterocycles. The highest BCUT2D eigenvalue weighted by atomic mass is 19.3. The van der Waals surface area contributed by atoms with Gasteiger partial charge in [-0.05, 0) is 6.07 Å². The third kappa shape index (κ3) is 2.36. The van der Waals surface area contributed by atoms with Crippen LogP contribution in [-0.4, -0.2) is 43.6 Å². The molecule has 24 heavy (non-hydrogen) atoms. The molecule has 0 atom stereocenters. The molecule has 1 aliphatic heterocycles. The fraction of sp³-hybridized carbons (Fsp3) is 0.286. The molecule has 0 aliphatic carbocycles. The zero-order valence-corrected chi connectivity index (χ0v) is 12.3. The second-order valence-electron chi connectivity index (χ2n) is 5.62. The summed E-state index contributed by atoms with van der Waals surface area (Å²) in [5.41, 5.74) is 0.0426. The number of aromatic nitrogens is 5. The van der Waals surface area contributed by atoms with Gasteiger partial charge < -0.3 is 9.88 Å². The highest BCUT2D eigenvalue weighted by Gasteiger charge is 2.39. The molecule has 4 heterocycles. The number of nitrogens with zero attached hydrogens (tertiary/aromatic N) is 4. The maximum atomic E-state index is 13.6. The van der Waals surface area contributed by atoms with E-state index in [2.05, 4.69) is 20.1 Å². The maximum absolute atomic E-state index is 13.6. The number of rotatable bonds is 2. The van der Waals surface area contributed by atoms with Gasteiger partial charge in [0.1, 0.15) is 5.69 Å². The number of hydrogen-bond donors (Lipinski definition) is 2. The standard InChI is InChI=1S/C14H12F2N6O2/c15-14(16)1-3-21(7-14)10-5-9(20-22-4-2-17-11(10)22)8-6-18-13(24)19-12(8)23/h2,4-6H,1,3,7H2,(H2,18,19,23,24). The van der Waals surface area contributed by atoms with E-state index in [0.717, 1.165) is 0 Å². The van der Waals surface area contributed by atoms with Gasteiger partial charge in [-0.1, -0.05) is 0 Å². The highest BCUT2D eigenvalue weighted by Crippen LogP contribution is 2.33. The smallest absolute Gasteiger partial charge is 0.325 e. The maximum Gasteiger partial charge on any atom is 0.325 e. The van der Waals surface area contributed by atoms with Crippen LogP contribution in [0.25, 0.3) is 16.9 Å². The highest BCUT2D eigenvalue weighted by molar-refractivity contribution is 5.74. The summed E-state index contributed by atoms with van der Waals surface area (Å²) in [7, 11) is 0. The number of imidazole rings is 1. The van der Waals surface area contributed by atoms with Crippen LogP contribution in [0.2, 0.25) is 0 Å². The van der Waals surface area contributed by atoms with Crippen molar-refractivity contribution in [1.29, 1.82) is 0 Å². The predicted molar refractivity (Wildman–Crippen MR) is 81.4 cm³/mol. The van der Waals surface area contributed by atoms with E-state index < -0.39 is 23.7 Å². The molecule has 0 bridgehead atoms. The van der Waals surface area contributed by atoms with Crippen molar-refractivity contribution in [3.8, 4) is 11.3 Å². The monoisotopic (exact) mass is 334 g/mol. The SMILES string of the molecule is O=c1[nH]cc(-c2cc(N3CCC(F)(F)C3)c3nccn3n2)c(=O)[nH]1. The molecule has 10 heteroatoms. The average Bonchev–Trinajstić information content (AvgIpc) is 3.12. The number of nitrogens with one attached hydrogen (secondary N) is 2. The molecule has 0 spiro atoms. The van der Waals surface area contributed by atoms with Gasteiger partial charge in [-0.25, -0.2) is 23.1 Å². The summed E-state index contributed by atoms with van der Waals surface area (Å²) in [5, 5.41) is 4.26. The van der Waals surface area contributed by atoms with E-state index in [1.54, 1.807) is 6.20 Å². The minimum atomic E-state index is -2.76. The number of alkyl halides is 2. The van der Waals surface area contributed by atoms with E-state index in [-0.39, 0.29) is 24.2 Å². The zero-order valence-electron chi connectivity index (χ0n) is 12.3. The predicted octanol–water partition coefficient (Wildman–Crippen LogP) is 0.618. The van der Waals surface area contributed by atoms with Gasteiger partial charge in [-0.15, -0.1) is 0 Å². The lowest BCUT2D eigenvalue weighted by atomic mass is 10.2. The van der Waals surface area contributed by atoms with Crippen LogP contribution in [-0.2, 0) is 0 Å². The Morgan fingerprint density at radius 2 is 2.12 bits per heavy atom. The van der Waals surface area contributed by atoms with Crippen LogP contribution in [0.1, 0.15) is 6.42 Å². The normalized spacial score (nSPS) is 16.8. The molecule has 4 rings (SSSR count). The average molecular weight is 334 g/mol. The summed E-state index contributed by atoms with van der Waals surface area (Å²) in [6, 6.07) is 1.53. The molecule has 0 saturated carbocycles. The fourth-order valence-electron chi connectivity index (χ4n) is 2.81. The van der Waals surface area contributed by atoms with Gasteiger partial charge in [-0.2, -0.15) is 5.10 Å². The Kier molecular flexibility index (Phi) is 3.02. The summed E-state index contributed by atoms with van der Waals surface area (Å²) >= 11 is 0. The number of anilines is 1. The van der Waals surface area contributed by atoms with Gasteiger partial charge in [-0.3, -0.25) is 9.78 Å². The number of H-pyrrole nitrogens is 2. The molecular weight excluding hydrogens is 322 g/mol. The Balaban J connectivity index is 1.89. The fourth-order valence-corrected chi connectivity index (χ4v) is 2.81. The second-order valence-corrected chi connectivity index (χ2v) is 5.62. The van der Waals surface area contributed by atoms with Crippen molar-refractivity contribution >= 4 is 11.3 Å². The molecule has 0 aromatic carbocycles. The number of fused-ring (bicyclic) bond motifs is 1. The van der Waals surface area contributed by atoms with Crippen LogP contribution in [0.5, 0.6) is 0 Å². The molecule has 2 N–H and O–H groups in total. The van der Waals surface area contributed by atoms with Crippen molar-refractivity contribution in [1.82, 2.24) is 24.6 Å². The van der Waals surface area contributed by atoms with Gasteiger partial charge in [0.05, 0.1) is 17.8 Å². The summed E-state index contributed by atoms with van der Waals surface area (Å²) in [6.07, 6.45) is 4.07. The van der Waals surface area contributed by atoms with E-state index in [1.807, 2.05) is 0 Å². The first-order valence-electron chi connectivity index (χ1n) is 7.22. The zero-order chi connectivity index (χ0) is 16.9. The van der Waals surface area contributed by atoms with Gasteiger partial charge in [0.25, 0.3) is 11.5 Å². The summed E-state index contributed by atoms with van der Waals surface area (Å²) in [4.78, 5) is 33.3. The van der Waals surface area contributed by atoms with Crippen LogP contribution in [0, 0.1) is 0 Å². The quantitative estimate of drug-likeness (QED) is 0.716. The first-order valence-corrected chi connectivity index (χ1v) is 7.22. The van der Waals surface area contributed by atoms with Crippen molar-refractivity contribution in [2.75, 3.05) is 18.0 Å². The van der Waals surface area contributed by atoms with E-state index in [0.29, 0.717) is 11.3 Å². The Bertz CT molecular complexity index is 1040. The Morgan fingerprint density at radius 3 is 2.83 bits per heavy atom. The minimum Gasteiger partial charge on any atom is -0.362 e. The second kappa shape index (κ2) is 4.98. The van der Waals surface area contributed by atoms with E-state index in [4.69, 9.17) is 0 Å². The molecule has 1 aliphatic rings. The molecule has 124 valence electrons. The van der Waals surface area contributed by atoms with Crippen molar-refractivity contribution in [2.45, 2.75) is 12.3 Å². The van der Waals surface area contributed by atoms with Crippen molar-refractivity contribution in [2.24, 2.45) is 0 Å². The molecule has 1 fully saturated rings. The lowest BCUT2D eigenvalue weighted by Crippen LogP contribution is -2.26. The molecular formula is C14H12F2N6O2. The molecule has 1 saturated heterocycles.